The third-order valence-electron chi connectivity index (χ3n) is 2.89. The Bertz CT molecular complexity index is 421. The molecule has 106 valence electrons. The lowest BCUT2D eigenvalue weighted by Crippen LogP contribution is -2.21. The summed E-state index contributed by atoms with van der Waals surface area (Å²) in [5.41, 5.74) is 6.97. The Hall–Kier alpha value is -0.700. The maximum atomic E-state index is 6.20. The molecule has 0 amide bonds. The summed E-state index contributed by atoms with van der Waals surface area (Å²) in [5.74, 6) is 0.707. The van der Waals surface area contributed by atoms with Gasteiger partial charge in [0.1, 0.15) is 5.75 Å². The first-order valence-electron chi connectivity index (χ1n) is 6.55. The van der Waals surface area contributed by atoms with E-state index in [2.05, 4.69) is 13.5 Å². The predicted molar refractivity (Wildman–Crippen MR) is 83.4 cm³/mol. The van der Waals surface area contributed by atoms with Gasteiger partial charge in [0, 0.05) is 11.1 Å². The minimum atomic E-state index is 0.0880. The van der Waals surface area contributed by atoms with Crippen molar-refractivity contribution < 1.29 is 4.74 Å². The number of halogens is 2. The number of allylic oxidation sites excluding steroid dienone is 1. The van der Waals surface area contributed by atoms with E-state index in [4.69, 9.17) is 33.7 Å². The second-order valence-electron chi connectivity index (χ2n) is 4.53. The van der Waals surface area contributed by atoms with Crippen molar-refractivity contribution >= 4 is 23.2 Å². The van der Waals surface area contributed by atoms with Gasteiger partial charge in [0.05, 0.1) is 11.6 Å². The Balaban J connectivity index is 2.83. The van der Waals surface area contributed by atoms with E-state index < -0.39 is 0 Å². The van der Waals surface area contributed by atoms with Gasteiger partial charge in [0.15, 0.2) is 0 Å². The van der Waals surface area contributed by atoms with Crippen molar-refractivity contribution in [2.45, 2.75) is 38.6 Å². The number of rotatable bonds is 8. The van der Waals surface area contributed by atoms with Gasteiger partial charge in [-0.25, -0.2) is 0 Å². The third kappa shape index (κ3) is 5.43. The molecular weight excluding hydrogens is 281 g/mol. The van der Waals surface area contributed by atoms with Crippen LogP contribution in [0.3, 0.4) is 0 Å². The molecule has 1 unspecified atom stereocenters. The molecule has 0 saturated heterocycles. The Morgan fingerprint density at radius 2 is 2.16 bits per heavy atom. The van der Waals surface area contributed by atoms with Gasteiger partial charge in [0.25, 0.3) is 0 Å². The van der Waals surface area contributed by atoms with Crippen LogP contribution in [0.4, 0.5) is 0 Å². The average molecular weight is 302 g/mol. The molecule has 0 heterocycles. The molecule has 0 aliphatic carbocycles. The zero-order chi connectivity index (χ0) is 14.3. The molecule has 2 N–H and O–H groups in total. The van der Waals surface area contributed by atoms with Crippen LogP contribution in [0.5, 0.6) is 5.75 Å². The fourth-order valence-electron chi connectivity index (χ4n) is 1.76. The zero-order valence-electron chi connectivity index (χ0n) is 11.3. The Morgan fingerprint density at radius 3 is 2.79 bits per heavy atom. The van der Waals surface area contributed by atoms with Gasteiger partial charge in [-0.05, 0) is 43.4 Å². The highest BCUT2D eigenvalue weighted by Crippen LogP contribution is 2.33. The second kappa shape index (κ2) is 8.47. The van der Waals surface area contributed by atoms with Crippen LogP contribution in [-0.2, 0) is 6.42 Å². The van der Waals surface area contributed by atoms with Gasteiger partial charge in [-0.1, -0.05) is 36.2 Å². The number of hydrogen-bond donors (Lipinski definition) is 1. The highest BCUT2D eigenvalue weighted by atomic mass is 35.5. The van der Waals surface area contributed by atoms with Crippen LogP contribution in [0.2, 0.25) is 10.0 Å². The van der Waals surface area contributed by atoms with Gasteiger partial charge in [-0.15, -0.1) is 6.58 Å². The molecule has 0 saturated carbocycles. The van der Waals surface area contributed by atoms with Crippen molar-refractivity contribution in [3.8, 4) is 5.75 Å². The largest absolute Gasteiger partial charge is 0.492 e. The molecule has 1 aromatic carbocycles. The summed E-state index contributed by atoms with van der Waals surface area (Å²) in [6.07, 6.45) is 5.34. The smallest absolute Gasteiger partial charge is 0.141 e. The molecule has 1 aromatic rings. The van der Waals surface area contributed by atoms with E-state index in [0.29, 0.717) is 28.8 Å². The van der Waals surface area contributed by atoms with Crippen molar-refractivity contribution in [3.63, 3.8) is 0 Å². The Kier molecular flexibility index (Phi) is 7.29. The third-order valence-corrected chi connectivity index (χ3v) is 3.39. The number of ether oxygens (including phenoxy) is 1. The molecule has 19 heavy (non-hydrogen) atoms. The van der Waals surface area contributed by atoms with Crippen LogP contribution < -0.4 is 10.5 Å². The molecule has 0 fully saturated rings. The fourth-order valence-corrected chi connectivity index (χ4v) is 2.35. The predicted octanol–water partition coefficient (Wildman–Crippen LogP) is 4.62. The van der Waals surface area contributed by atoms with Gasteiger partial charge in [-0.2, -0.15) is 0 Å². The van der Waals surface area contributed by atoms with Crippen LogP contribution in [-0.4, -0.2) is 12.6 Å². The normalized spacial score (nSPS) is 12.2. The van der Waals surface area contributed by atoms with E-state index in [-0.39, 0.29) is 6.04 Å². The van der Waals surface area contributed by atoms with Crippen LogP contribution >= 0.6 is 23.2 Å². The van der Waals surface area contributed by atoms with E-state index in [1.165, 1.54) is 0 Å². The highest BCUT2D eigenvalue weighted by Gasteiger charge is 2.13. The summed E-state index contributed by atoms with van der Waals surface area (Å²) in [6.45, 7) is 6.36. The molecule has 0 radical (unpaired) electrons. The second-order valence-corrected chi connectivity index (χ2v) is 5.37. The highest BCUT2D eigenvalue weighted by molar-refractivity contribution is 6.35. The maximum Gasteiger partial charge on any atom is 0.141 e. The summed E-state index contributed by atoms with van der Waals surface area (Å²) in [5, 5.41) is 1.16. The van der Waals surface area contributed by atoms with Gasteiger partial charge < -0.3 is 10.5 Å². The molecule has 0 aliphatic heterocycles. The molecule has 2 nitrogen and oxygen atoms in total. The molecular formula is C15H21Cl2NO. The van der Waals surface area contributed by atoms with E-state index >= 15 is 0 Å². The van der Waals surface area contributed by atoms with Gasteiger partial charge >= 0.3 is 0 Å². The number of unbranched alkanes of at least 4 members (excludes halogenated alkanes) is 1. The number of benzene rings is 1. The SMILES string of the molecule is C=CCCCOc1c(Cl)cc(Cl)cc1CC(N)CC. The van der Waals surface area contributed by atoms with Gasteiger partial charge in [0.2, 0.25) is 0 Å². The maximum absolute atomic E-state index is 6.20. The quantitative estimate of drug-likeness (QED) is 0.562. The first kappa shape index (κ1) is 16.4. The Labute approximate surface area is 125 Å². The number of hydrogen-bond acceptors (Lipinski definition) is 2. The van der Waals surface area contributed by atoms with Crippen molar-refractivity contribution in [2.75, 3.05) is 6.61 Å². The van der Waals surface area contributed by atoms with Crippen molar-refractivity contribution in [1.29, 1.82) is 0 Å². The standard InChI is InChI=1S/C15H21Cl2NO/c1-3-5-6-7-19-15-11(9-13(18)4-2)8-12(16)10-14(15)17/h3,8,10,13H,1,4-7,9,18H2,2H3. The van der Waals surface area contributed by atoms with Crippen molar-refractivity contribution in [1.82, 2.24) is 0 Å². The van der Waals surface area contributed by atoms with E-state index in [9.17, 15) is 0 Å². The summed E-state index contributed by atoms with van der Waals surface area (Å²) < 4.78 is 5.78. The summed E-state index contributed by atoms with van der Waals surface area (Å²) >= 11 is 12.2. The lowest BCUT2D eigenvalue weighted by atomic mass is 10.0. The van der Waals surface area contributed by atoms with Gasteiger partial charge in [-0.3, -0.25) is 0 Å². The van der Waals surface area contributed by atoms with Crippen molar-refractivity contribution in [3.05, 3.63) is 40.4 Å². The lowest BCUT2D eigenvalue weighted by molar-refractivity contribution is 0.308. The van der Waals surface area contributed by atoms with E-state index in [1.807, 2.05) is 12.1 Å². The molecule has 0 spiro atoms. The molecule has 4 heteroatoms. The Morgan fingerprint density at radius 1 is 1.42 bits per heavy atom. The van der Waals surface area contributed by atoms with Crippen molar-refractivity contribution in [2.24, 2.45) is 5.73 Å². The summed E-state index contributed by atoms with van der Waals surface area (Å²) in [4.78, 5) is 0. The first-order chi connectivity index (χ1) is 9.08. The van der Waals surface area contributed by atoms with Crippen LogP contribution in [0.1, 0.15) is 31.7 Å². The number of nitrogens with two attached hydrogens (primary N) is 1. The fraction of sp³-hybridized carbons (Fsp3) is 0.467. The summed E-state index contributed by atoms with van der Waals surface area (Å²) in [7, 11) is 0. The monoisotopic (exact) mass is 301 g/mol. The van der Waals surface area contributed by atoms with Crippen LogP contribution in [0.15, 0.2) is 24.8 Å². The lowest BCUT2D eigenvalue weighted by Gasteiger charge is -2.16. The van der Waals surface area contributed by atoms with Crippen LogP contribution in [0.25, 0.3) is 0 Å². The minimum Gasteiger partial charge on any atom is -0.492 e. The molecule has 1 atom stereocenters. The average Bonchev–Trinajstić information content (AvgIpc) is 2.36. The molecule has 1 rings (SSSR count). The zero-order valence-corrected chi connectivity index (χ0v) is 12.8. The van der Waals surface area contributed by atoms with E-state index in [1.54, 1.807) is 6.07 Å². The molecule has 0 bridgehead atoms. The topological polar surface area (TPSA) is 35.2 Å². The summed E-state index contributed by atoms with van der Waals surface area (Å²) in [6, 6.07) is 3.67. The van der Waals surface area contributed by atoms with Crippen LogP contribution in [0, 0.1) is 0 Å². The first-order valence-corrected chi connectivity index (χ1v) is 7.31. The molecule has 0 aliphatic rings. The molecule has 0 aromatic heterocycles. The minimum absolute atomic E-state index is 0.0880. The van der Waals surface area contributed by atoms with E-state index in [0.717, 1.165) is 24.8 Å².